The van der Waals surface area contributed by atoms with Crippen molar-refractivity contribution in [1.29, 1.82) is 0 Å². The van der Waals surface area contributed by atoms with Crippen LogP contribution < -0.4 is 11.1 Å². The fourth-order valence-corrected chi connectivity index (χ4v) is 2.14. The zero-order valence-electron chi connectivity index (χ0n) is 9.72. The summed E-state index contributed by atoms with van der Waals surface area (Å²) in [7, 11) is 0. The minimum Gasteiger partial charge on any atom is -0.388 e. The zero-order chi connectivity index (χ0) is 12.1. The van der Waals surface area contributed by atoms with Crippen molar-refractivity contribution in [3.8, 4) is 0 Å². The van der Waals surface area contributed by atoms with Crippen molar-refractivity contribution in [1.82, 2.24) is 14.9 Å². The Hall–Kier alpha value is -1.27. The molecule has 1 aliphatic heterocycles. The van der Waals surface area contributed by atoms with E-state index in [1.54, 1.807) is 12.4 Å². The molecule has 92 valence electrons. The van der Waals surface area contributed by atoms with Gasteiger partial charge in [0.25, 0.3) is 0 Å². The van der Waals surface area contributed by atoms with Gasteiger partial charge >= 0.3 is 0 Å². The van der Waals surface area contributed by atoms with Gasteiger partial charge in [-0.3, -0.25) is 0 Å². The molecule has 0 aromatic carbocycles. The molecule has 0 atom stereocenters. The summed E-state index contributed by atoms with van der Waals surface area (Å²) in [4.78, 5) is 11.0. The van der Waals surface area contributed by atoms with Crippen LogP contribution in [0, 0.1) is 0 Å². The van der Waals surface area contributed by atoms with E-state index in [0.717, 1.165) is 13.1 Å². The van der Waals surface area contributed by atoms with Crippen molar-refractivity contribution in [2.45, 2.75) is 12.8 Å². The molecule has 6 heteroatoms. The largest absolute Gasteiger partial charge is 0.388 e. The molecule has 5 nitrogen and oxygen atoms in total. The molecule has 2 heterocycles. The lowest BCUT2D eigenvalue weighted by Crippen LogP contribution is -2.27. The van der Waals surface area contributed by atoms with E-state index in [1.807, 2.05) is 0 Å². The zero-order valence-corrected chi connectivity index (χ0v) is 10.5. The van der Waals surface area contributed by atoms with E-state index in [9.17, 15) is 0 Å². The Morgan fingerprint density at radius 2 is 2.06 bits per heavy atom. The maximum absolute atomic E-state index is 5.59. The van der Waals surface area contributed by atoms with Crippen LogP contribution >= 0.6 is 12.2 Å². The molecular weight excluding hydrogens is 234 g/mol. The van der Waals surface area contributed by atoms with E-state index >= 15 is 0 Å². The average Bonchev–Trinajstić information content (AvgIpc) is 2.82. The molecule has 0 spiro atoms. The van der Waals surface area contributed by atoms with Gasteiger partial charge in [0.2, 0.25) is 0 Å². The van der Waals surface area contributed by atoms with E-state index in [-0.39, 0.29) is 4.99 Å². The van der Waals surface area contributed by atoms with Gasteiger partial charge in [-0.25, -0.2) is 9.97 Å². The van der Waals surface area contributed by atoms with E-state index in [1.165, 1.54) is 25.9 Å². The summed E-state index contributed by atoms with van der Waals surface area (Å²) in [5.41, 5.74) is 6.16. The lowest BCUT2D eigenvalue weighted by atomic mass is 10.4. The van der Waals surface area contributed by atoms with E-state index in [4.69, 9.17) is 18.0 Å². The first-order chi connectivity index (χ1) is 8.27. The highest BCUT2D eigenvalue weighted by Crippen LogP contribution is 2.09. The van der Waals surface area contributed by atoms with Crippen molar-refractivity contribution in [3.63, 3.8) is 0 Å². The highest BCUT2D eigenvalue weighted by molar-refractivity contribution is 7.80. The van der Waals surface area contributed by atoms with Crippen molar-refractivity contribution < 1.29 is 0 Å². The molecule has 1 fully saturated rings. The predicted molar refractivity (Wildman–Crippen MR) is 72.1 cm³/mol. The molecule has 2 rings (SSSR count). The first kappa shape index (κ1) is 12.2. The molecule has 0 saturated carbocycles. The quantitative estimate of drug-likeness (QED) is 0.748. The number of nitrogens with one attached hydrogen (secondary N) is 1. The van der Waals surface area contributed by atoms with Gasteiger partial charge in [0.15, 0.2) is 5.82 Å². The summed E-state index contributed by atoms with van der Waals surface area (Å²) in [6, 6.07) is 0. The van der Waals surface area contributed by atoms with Crippen LogP contribution in [-0.2, 0) is 0 Å². The van der Waals surface area contributed by atoms with Gasteiger partial charge in [-0.05, 0) is 25.9 Å². The van der Waals surface area contributed by atoms with Crippen molar-refractivity contribution in [2.75, 3.05) is 31.5 Å². The van der Waals surface area contributed by atoms with Gasteiger partial charge in [-0.1, -0.05) is 12.2 Å². The van der Waals surface area contributed by atoms with Crippen LogP contribution in [0.5, 0.6) is 0 Å². The number of rotatable bonds is 5. The number of thiocarbonyl (C=S) groups is 1. The summed E-state index contributed by atoms with van der Waals surface area (Å²) in [5.74, 6) is 0.680. The normalized spacial score (nSPS) is 16.0. The van der Waals surface area contributed by atoms with Gasteiger partial charge in [0, 0.05) is 25.5 Å². The lowest BCUT2D eigenvalue weighted by Gasteiger charge is -2.15. The number of hydrogen-bond acceptors (Lipinski definition) is 5. The Bertz CT molecular complexity index is 389. The van der Waals surface area contributed by atoms with Crippen LogP contribution in [-0.4, -0.2) is 46.0 Å². The Kier molecular flexibility index (Phi) is 4.22. The third-order valence-electron chi connectivity index (χ3n) is 2.85. The maximum Gasteiger partial charge on any atom is 0.155 e. The molecule has 0 unspecified atom stereocenters. The second-order valence-electron chi connectivity index (χ2n) is 4.09. The van der Waals surface area contributed by atoms with Crippen LogP contribution in [0.1, 0.15) is 18.5 Å². The van der Waals surface area contributed by atoms with E-state index in [2.05, 4.69) is 20.2 Å². The van der Waals surface area contributed by atoms with Crippen molar-refractivity contribution in [3.05, 3.63) is 18.1 Å². The Morgan fingerprint density at radius 3 is 2.76 bits per heavy atom. The SMILES string of the molecule is NC(=S)c1nccnc1NCCN1CCCC1. The van der Waals surface area contributed by atoms with Crippen LogP contribution in [0.15, 0.2) is 12.4 Å². The number of hydrogen-bond donors (Lipinski definition) is 2. The maximum atomic E-state index is 5.59. The number of likely N-dealkylation sites (tertiary alicyclic amines) is 1. The van der Waals surface area contributed by atoms with Gasteiger partial charge in [-0.15, -0.1) is 0 Å². The molecule has 1 aromatic rings. The molecule has 1 aliphatic rings. The minimum atomic E-state index is 0.279. The van der Waals surface area contributed by atoms with Crippen LogP contribution in [0.3, 0.4) is 0 Å². The Morgan fingerprint density at radius 1 is 1.35 bits per heavy atom. The fraction of sp³-hybridized carbons (Fsp3) is 0.545. The van der Waals surface area contributed by atoms with Gasteiger partial charge in [0.1, 0.15) is 10.7 Å². The van der Waals surface area contributed by atoms with Gasteiger partial charge in [-0.2, -0.15) is 0 Å². The third-order valence-corrected chi connectivity index (χ3v) is 3.04. The average molecular weight is 251 g/mol. The molecule has 1 aromatic heterocycles. The smallest absolute Gasteiger partial charge is 0.155 e. The summed E-state index contributed by atoms with van der Waals surface area (Å²) < 4.78 is 0. The monoisotopic (exact) mass is 251 g/mol. The van der Waals surface area contributed by atoms with Gasteiger partial charge < -0.3 is 16.0 Å². The van der Waals surface area contributed by atoms with Crippen LogP contribution in [0.25, 0.3) is 0 Å². The minimum absolute atomic E-state index is 0.279. The van der Waals surface area contributed by atoms with Crippen molar-refractivity contribution >= 4 is 23.0 Å². The molecule has 0 bridgehead atoms. The fourth-order valence-electron chi connectivity index (χ4n) is 1.99. The highest BCUT2D eigenvalue weighted by Gasteiger charge is 2.11. The second kappa shape index (κ2) is 5.88. The van der Waals surface area contributed by atoms with Gasteiger partial charge in [0.05, 0.1) is 0 Å². The van der Waals surface area contributed by atoms with Crippen LogP contribution in [0.2, 0.25) is 0 Å². The first-order valence-electron chi connectivity index (χ1n) is 5.84. The predicted octanol–water partition coefficient (Wildman–Crippen LogP) is 0.618. The number of anilines is 1. The summed E-state index contributed by atoms with van der Waals surface area (Å²) in [6.07, 6.45) is 5.85. The molecule has 0 aliphatic carbocycles. The van der Waals surface area contributed by atoms with Crippen molar-refractivity contribution in [2.24, 2.45) is 5.73 Å². The molecule has 3 N–H and O–H groups in total. The Balaban J connectivity index is 1.87. The topological polar surface area (TPSA) is 67.1 Å². The standard InChI is InChI=1S/C11H17N5S/c12-10(17)9-11(14-4-3-13-9)15-5-8-16-6-1-2-7-16/h3-4H,1-2,5-8H2,(H2,12,17)(H,14,15). The number of nitrogens with zero attached hydrogens (tertiary/aromatic N) is 3. The first-order valence-corrected chi connectivity index (χ1v) is 6.25. The molecule has 17 heavy (non-hydrogen) atoms. The molecule has 1 saturated heterocycles. The number of nitrogens with two attached hydrogens (primary N) is 1. The Labute approximate surface area is 106 Å². The van der Waals surface area contributed by atoms with E-state index < -0.39 is 0 Å². The second-order valence-corrected chi connectivity index (χ2v) is 4.53. The summed E-state index contributed by atoms with van der Waals surface area (Å²) in [6.45, 7) is 4.26. The highest BCUT2D eigenvalue weighted by atomic mass is 32.1. The molecule has 0 radical (unpaired) electrons. The number of aromatic nitrogens is 2. The third kappa shape index (κ3) is 3.34. The summed E-state index contributed by atoms with van der Waals surface area (Å²) >= 11 is 4.93. The van der Waals surface area contributed by atoms with E-state index in [0.29, 0.717) is 11.5 Å². The summed E-state index contributed by atoms with van der Waals surface area (Å²) in [5, 5.41) is 3.24. The molecule has 0 amide bonds. The van der Waals surface area contributed by atoms with Crippen LogP contribution in [0.4, 0.5) is 5.82 Å². The lowest BCUT2D eigenvalue weighted by molar-refractivity contribution is 0.352. The molecular formula is C11H17N5S.